The highest BCUT2D eigenvalue weighted by Gasteiger charge is 2.12. The van der Waals surface area contributed by atoms with E-state index in [-0.39, 0.29) is 15.0 Å². The van der Waals surface area contributed by atoms with Crippen molar-refractivity contribution < 1.29 is 0 Å². The topological polar surface area (TPSA) is 0 Å². The highest BCUT2D eigenvalue weighted by molar-refractivity contribution is 6.58. The minimum absolute atomic E-state index is 0.0113. The van der Waals surface area contributed by atoms with E-state index in [4.69, 9.17) is 12.8 Å². The maximum absolute atomic E-state index is 7.07. The van der Waals surface area contributed by atoms with Gasteiger partial charge in [-0.3, -0.25) is 0 Å². The molecular formula is C11H8Si. The molecule has 1 heteroatoms. The van der Waals surface area contributed by atoms with Crippen molar-refractivity contribution in [2.45, 2.75) is 6.55 Å². The Morgan fingerprint density at radius 3 is 2.75 bits per heavy atom. The Morgan fingerprint density at radius 1 is 1.50 bits per heavy atom. The van der Waals surface area contributed by atoms with Gasteiger partial charge in [-0.2, -0.15) is 0 Å². The number of rotatable bonds is 0. The summed E-state index contributed by atoms with van der Waals surface area (Å²) in [7, 11) is 0.148. The van der Waals surface area contributed by atoms with E-state index in [1.54, 1.807) is 0 Å². The molecule has 0 nitrogen and oxygen atoms in total. The fourth-order valence-corrected chi connectivity index (χ4v) is 2.24. The molecule has 0 aromatic rings. The van der Waals surface area contributed by atoms with Crippen LogP contribution in [0, 0.1) is 30.6 Å². The predicted octanol–water partition coefficient (Wildman–Crippen LogP) is 0.935. The molecule has 0 saturated carbocycles. The SMILES string of the molecule is [C]#CC1=CC=CC(C#[C])C1=[SiH]C. The normalized spacial score (nSPS) is 24.4. The second-order valence-corrected chi connectivity index (χ2v) is 3.66. The minimum Gasteiger partial charge on any atom is -0.0771 e. The van der Waals surface area contributed by atoms with Gasteiger partial charge in [-0.1, -0.05) is 30.5 Å². The summed E-state index contributed by atoms with van der Waals surface area (Å²) in [6.07, 6.45) is 19.8. The van der Waals surface area contributed by atoms with E-state index >= 15 is 0 Å². The Hall–Kier alpha value is -1.31. The average Bonchev–Trinajstić information content (AvgIpc) is 2.16. The van der Waals surface area contributed by atoms with Crippen LogP contribution in [-0.2, 0) is 0 Å². The molecule has 0 saturated heterocycles. The summed E-state index contributed by atoms with van der Waals surface area (Å²) in [5, 5.41) is 1.14. The number of allylic oxidation sites excluding steroid dienone is 4. The van der Waals surface area contributed by atoms with E-state index in [1.807, 2.05) is 18.2 Å². The second kappa shape index (κ2) is 3.90. The molecule has 0 heterocycles. The molecular weight excluding hydrogens is 160 g/mol. The largest absolute Gasteiger partial charge is 0.0771 e. The molecule has 0 spiro atoms. The van der Waals surface area contributed by atoms with E-state index in [1.165, 1.54) is 0 Å². The van der Waals surface area contributed by atoms with E-state index < -0.39 is 0 Å². The molecule has 1 aliphatic rings. The lowest BCUT2D eigenvalue weighted by atomic mass is 9.95. The van der Waals surface area contributed by atoms with Crippen LogP contribution in [0.25, 0.3) is 0 Å². The van der Waals surface area contributed by atoms with Crippen molar-refractivity contribution in [2.24, 2.45) is 5.92 Å². The third-order valence-electron chi connectivity index (χ3n) is 1.81. The minimum atomic E-state index is -0.0113. The summed E-state index contributed by atoms with van der Waals surface area (Å²) >= 11 is 0. The van der Waals surface area contributed by atoms with Crippen molar-refractivity contribution in [2.75, 3.05) is 0 Å². The number of hydrogen-bond acceptors (Lipinski definition) is 0. The van der Waals surface area contributed by atoms with Crippen LogP contribution in [0.15, 0.2) is 23.8 Å². The van der Waals surface area contributed by atoms with Crippen molar-refractivity contribution >= 4 is 14.3 Å². The van der Waals surface area contributed by atoms with Crippen LogP contribution in [0.2, 0.25) is 6.55 Å². The van der Waals surface area contributed by atoms with Gasteiger partial charge in [-0.05, 0) is 33.2 Å². The van der Waals surface area contributed by atoms with E-state index in [0.29, 0.717) is 0 Å². The first-order chi connectivity index (χ1) is 5.83. The van der Waals surface area contributed by atoms with Crippen LogP contribution in [0.1, 0.15) is 0 Å². The van der Waals surface area contributed by atoms with Gasteiger partial charge in [0, 0.05) is 5.57 Å². The smallest absolute Gasteiger partial charge is 0.0612 e. The summed E-state index contributed by atoms with van der Waals surface area (Å²) in [5.74, 6) is 4.83. The third-order valence-corrected chi connectivity index (χ3v) is 3.11. The van der Waals surface area contributed by atoms with Gasteiger partial charge in [-0.25, -0.2) is 0 Å². The molecule has 0 aromatic heterocycles. The highest BCUT2D eigenvalue weighted by atomic mass is 28.2. The lowest BCUT2D eigenvalue weighted by molar-refractivity contribution is 1.20. The molecule has 1 atom stereocenters. The summed E-state index contributed by atoms with van der Waals surface area (Å²) in [5.41, 5.74) is 0.833. The van der Waals surface area contributed by atoms with Crippen LogP contribution >= 0.6 is 0 Å². The van der Waals surface area contributed by atoms with Crippen molar-refractivity contribution in [3.8, 4) is 11.8 Å². The van der Waals surface area contributed by atoms with Crippen LogP contribution < -0.4 is 0 Å². The van der Waals surface area contributed by atoms with Gasteiger partial charge >= 0.3 is 0 Å². The first-order valence-corrected chi connectivity index (χ1v) is 5.46. The molecule has 0 amide bonds. The van der Waals surface area contributed by atoms with Gasteiger partial charge in [0.15, 0.2) is 0 Å². The molecule has 1 aliphatic carbocycles. The molecule has 2 radical (unpaired) electrons. The van der Waals surface area contributed by atoms with Crippen LogP contribution in [-0.4, -0.2) is 14.3 Å². The Morgan fingerprint density at radius 2 is 2.25 bits per heavy atom. The fraction of sp³-hybridized carbons (Fsp3) is 0.182. The first kappa shape index (κ1) is 8.78. The van der Waals surface area contributed by atoms with Crippen LogP contribution in [0.3, 0.4) is 0 Å². The van der Waals surface area contributed by atoms with Crippen LogP contribution in [0.5, 0.6) is 0 Å². The van der Waals surface area contributed by atoms with Gasteiger partial charge in [-0.15, -0.1) is 0 Å². The molecule has 0 aliphatic heterocycles. The summed E-state index contributed by atoms with van der Waals surface area (Å²) in [6.45, 7) is 2.10. The zero-order valence-corrected chi connectivity index (χ0v) is 8.04. The van der Waals surface area contributed by atoms with Gasteiger partial charge in [0.25, 0.3) is 0 Å². The second-order valence-electron chi connectivity index (χ2n) is 2.46. The number of hydrogen-bond donors (Lipinski definition) is 0. The molecule has 56 valence electrons. The monoisotopic (exact) mass is 168 g/mol. The van der Waals surface area contributed by atoms with Gasteiger partial charge in [0.1, 0.15) is 0 Å². The summed E-state index contributed by atoms with van der Waals surface area (Å²) in [6, 6.07) is 0. The van der Waals surface area contributed by atoms with Gasteiger partial charge in [0.05, 0.1) is 5.92 Å². The van der Waals surface area contributed by atoms with E-state index in [2.05, 4.69) is 18.4 Å². The van der Waals surface area contributed by atoms with Gasteiger partial charge < -0.3 is 0 Å². The lowest BCUT2D eigenvalue weighted by Crippen LogP contribution is -2.17. The van der Waals surface area contributed by atoms with E-state index in [9.17, 15) is 0 Å². The third kappa shape index (κ3) is 1.47. The zero-order chi connectivity index (χ0) is 8.97. The summed E-state index contributed by atoms with van der Waals surface area (Å²) in [4.78, 5) is 0. The maximum atomic E-state index is 7.07. The lowest BCUT2D eigenvalue weighted by Gasteiger charge is -2.13. The zero-order valence-electron chi connectivity index (χ0n) is 6.89. The average molecular weight is 168 g/mol. The molecule has 1 unspecified atom stereocenters. The molecule has 0 bridgehead atoms. The van der Waals surface area contributed by atoms with Crippen molar-refractivity contribution in [1.82, 2.24) is 0 Å². The Labute approximate surface area is 75.8 Å². The molecule has 1 rings (SSSR count). The Balaban J connectivity index is 3.10. The Kier molecular flexibility index (Phi) is 2.86. The summed E-state index contributed by atoms with van der Waals surface area (Å²) < 4.78 is 0. The van der Waals surface area contributed by atoms with Crippen molar-refractivity contribution in [1.29, 1.82) is 0 Å². The highest BCUT2D eigenvalue weighted by Crippen LogP contribution is 2.13. The first-order valence-electron chi connectivity index (χ1n) is 3.73. The fourth-order valence-electron chi connectivity index (χ4n) is 1.21. The van der Waals surface area contributed by atoms with Crippen LogP contribution in [0.4, 0.5) is 0 Å². The Bertz CT molecular complexity index is 342. The van der Waals surface area contributed by atoms with E-state index in [0.717, 1.165) is 10.7 Å². The van der Waals surface area contributed by atoms with Crippen molar-refractivity contribution in [3.05, 3.63) is 36.6 Å². The molecule has 0 fully saturated rings. The molecule has 12 heavy (non-hydrogen) atoms. The standard InChI is InChI=1S/C11H8Si/c1-4-9-7-6-8-10(5-2)11(9)12-3/h6-9,12H,3H3. The quantitative estimate of drug-likeness (QED) is 0.373. The predicted molar refractivity (Wildman–Crippen MR) is 53.0 cm³/mol. The maximum Gasteiger partial charge on any atom is 0.0612 e. The molecule has 0 N–H and O–H groups in total. The molecule has 0 aromatic carbocycles. The van der Waals surface area contributed by atoms with Gasteiger partial charge in [0.2, 0.25) is 0 Å². The van der Waals surface area contributed by atoms with Crippen molar-refractivity contribution in [3.63, 3.8) is 0 Å².